The molecule has 0 aliphatic heterocycles. The minimum absolute atomic E-state index is 0.0393. The van der Waals surface area contributed by atoms with E-state index in [-0.39, 0.29) is 5.56 Å². The number of hydrogen-bond donors (Lipinski definition) is 0. The van der Waals surface area contributed by atoms with Crippen LogP contribution in [0.3, 0.4) is 0 Å². The molecule has 4 heteroatoms. The van der Waals surface area contributed by atoms with Crippen molar-refractivity contribution in [2.45, 2.75) is 20.4 Å². The molecular weight excluding hydrogens is 238 g/mol. The number of benzene rings is 1. The van der Waals surface area contributed by atoms with E-state index < -0.39 is 0 Å². The van der Waals surface area contributed by atoms with E-state index >= 15 is 0 Å². The van der Waals surface area contributed by atoms with Crippen molar-refractivity contribution in [2.75, 3.05) is 0 Å². The molecule has 0 unspecified atom stereocenters. The Morgan fingerprint density at radius 1 is 1.26 bits per heavy atom. The van der Waals surface area contributed by atoms with Crippen molar-refractivity contribution in [3.63, 3.8) is 0 Å². The molecule has 0 radical (unpaired) electrons. The molecule has 0 aliphatic carbocycles. The molecule has 3 aromatic rings. The fourth-order valence-corrected chi connectivity index (χ4v) is 2.59. The summed E-state index contributed by atoms with van der Waals surface area (Å²) in [7, 11) is 1.92. The number of fused-ring (bicyclic) bond motifs is 3. The molecule has 0 fully saturated rings. The summed E-state index contributed by atoms with van der Waals surface area (Å²) in [4.78, 5) is 17.0. The standard InChI is InChI=1S/C15H17N3O/c1-10(2)8-18-9-16-13-11-6-4-5-7-12(11)17(3)14(13)15(18)19/h4-7,9-10H,8H2,1-3H3. The summed E-state index contributed by atoms with van der Waals surface area (Å²) in [6.07, 6.45) is 1.66. The first-order chi connectivity index (χ1) is 9.09. The van der Waals surface area contributed by atoms with E-state index in [0.29, 0.717) is 18.0 Å². The minimum Gasteiger partial charge on any atom is -0.338 e. The molecule has 1 aromatic carbocycles. The van der Waals surface area contributed by atoms with Crippen molar-refractivity contribution < 1.29 is 0 Å². The number of nitrogens with zero attached hydrogens (tertiary/aromatic N) is 3. The van der Waals surface area contributed by atoms with E-state index in [1.807, 2.05) is 35.9 Å². The summed E-state index contributed by atoms with van der Waals surface area (Å²) in [6.45, 7) is 4.89. The summed E-state index contributed by atoms with van der Waals surface area (Å²) < 4.78 is 3.64. The molecular formula is C15H17N3O. The van der Waals surface area contributed by atoms with Crippen molar-refractivity contribution in [3.05, 3.63) is 40.9 Å². The summed E-state index contributed by atoms with van der Waals surface area (Å²) in [5, 5.41) is 1.04. The van der Waals surface area contributed by atoms with Crippen LogP contribution in [0.1, 0.15) is 13.8 Å². The smallest absolute Gasteiger partial charge is 0.277 e. The third-order valence-corrected chi connectivity index (χ3v) is 3.43. The van der Waals surface area contributed by atoms with Gasteiger partial charge in [0.1, 0.15) is 11.0 Å². The highest BCUT2D eigenvalue weighted by Gasteiger charge is 2.13. The van der Waals surface area contributed by atoms with Crippen molar-refractivity contribution in [1.29, 1.82) is 0 Å². The minimum atomic E-state index is 0.0393. The van der Waals surface area contributed by atoms with Crippen LogP contribution in [0.25, 0.3) is 21.9 Å². The Labute approximate surface area is 111 Å². The maximum atomic E-state index is 12.6. The Bertz CT molecular complexity index is 811. The normalized spacial score (nSPS) is 11.8. The molecule has 98 valence electrons. The number of aryl methyl sites for hydroxylation is 1. The van der Waals surface area contributed by atoms with Crippen LogP contribution in [0.4, 0.5) is 0 Å². The lowest BCUT2D eigenvalue weighted by molar-refractivity contribution is 0.507. The van der Waals surface area contributed by atoms with Gasteiger partial charge in [-0.3, -0.25) is 9.36 Å². The second kappa shape index (κ2) is 4.23. The van der Waals surface area contributed by atoms with Gasteiger partial charge in [-0.25, -0.2) is 4.98 Å². The van der Waals surface area contributed by atoms with Gasteiger partial charge in [0.25, 0.3) is 5.56 Å². The second-order valence-electron chi connectivity index (χ2n) is 5.37. The first-order valence-electron chi connectivity index (χ1n) is 6.52. The Hall–Kier alpha value is -2.10. The average molecular weight is 255 g/mol. The van der Waals surface area contributed by atoms with Crippen LogP contribution >= 0.6 is 0 Å². The molecule has 0 saturated heterocycles. The van der Waals surface area contributed by atoms with Crippen LogP contribution in [0.15, 0.2) is 35.4 Å². The van der Waals surface area contributed by atoms with Gasteiger partial charge in [-0.05, 0) is 12.0 Å². The first kappa shape index (κ1) is 12.0. The van der Waals surface area contributed by atoms with E-state index in [1.54, 1.807) is 10.9 Å². The molecule has 0 atom stereocenters. The third-order valence-electron chi connectivity index (χ3n) is 3.43. The van der Waals surface area contributed by atoms with Crippen LogP contribution in [-0.2, 0) is 13.6 Å². The van der Waals surface area contributed by atoms with Crippen LogP contribution in [0.5, 0.6) is 0 Å². The molecule has 0 bridgehead atoms. The molecule has 2 heterocycles. The maximum absolute atomic E-state index is 12.6. The van der Waals surface area contributed by atoms with Gasteiger partial charge >= 0.3 is 0 Å². The Morgan fingerprint density at radius 3 is 2.74 bits per heavy atom. The lowest BCUT2D eigenvalue weighted by atomic mass is 10.2. The number of para-hydroxylation sites is 1. The Balaban J connectivity index is 2.40. The highest BCUT2D eigenvalue weighted by molar-refractivity contribution is 6.05. The Kier molecular flexibility index (Phi) is 2.66. The van der Waals surface area contributed by atoms with Crippen LogP contribution in [-0.4, -0.2) is 14.1 Å². The summed E-state index contributed by atoms with van der Waals surface area (Å²) >= 11 is 0. The lowest BCUT2D eigenvalue weighted by Crippen LogP contribution is -2.24. The zero-order valence-corrected chi connectivity index (χ0v) is 11.4. The number of hydrogen-bond acceptors (Lipinski definition) is 2. The molecule has 4 nitrogen and oxygen atoms in total. The summed E-state index contributed by atoms with van der Waals surface area (Å²) in [5.74, 6) is 0.423. The van der Waals surface area contributed by atoms with Gasteiger partial charge in [-0.1, -0.05) is 32.0 Å². The van der Waals surface area contributed by atoms with Crippen molar-refractivity contribution in [2.24, 2.45) is 13.0 Å². The molecule has 0 spiro atoms. The van der Waals surface area contributed by atoms with Crippen molar-refractivity contribution in [3.8, 4) is 0 Å². The Morgan fingerprint density at radius 2 is 2.00 bits per heavy atom. The van der Waals surface area contributed by atoms with Gasteiger partial charge in [-0.15, -0.1) is 0 Å². The zero-order valence-electron chi connectivity index (χ0n) is 11.4. The highest BCUT2D eigenvalue weighted by Crippen LogP contribution is 2.23. The zero-order chi connectivity index (χ0) is 13.6. The van der Waals surface area contributed by atoms with Crippen molar-refractivity contribution in [1.82, 2.24) is 14.1 Å². The van der Waals surface area contributed by atoms with Gasteiger partial charge in [0.2, 0.25) is 0 Å². The fourth-order valence-electron chi connectivity index (χ4n) is 2.59. The van der Waals surface area contributed by atoms with Gasteiger partial charge in [-0.2, -0.15) is 0 Å². The number of aromatic nitrogens is 3. The number of rotatable bonds is 2. The molecule has 0 N–H and O–H groups in total. The quantitative estimate of drug-likeness (QED) is 0.706. The SMILES string of the molecule is CC(C)Cn1cnc2c3ccccc3n(C)c2c1=O. The summed E-state index contributed by atoms with van der Waals surface area (Å²) in [6, 6.07) is 7.98. The molecule has 19 heavy (non-hydrogen) atoms. The third kappa shape index (κ3) is 1.75. The van der Waals surface area contributed by atoms with Gasteiger partial charge < -0.3 is 4.57 Å². The monoisotopic (exact) mass is 255 g/mol. The van der Waals surface area contributed by atoms with Gasteiger partial charge in [0, 0.05) is 19.0 Å². The topological polar surface area (TPSA) is 39.8 Å². The molecule has 2 aromatic heterocycles. The molecule has 0 saturated carbocycles. The molecule has 3 rings (SSSR count). The van der Waals surface area contributed by atoms with Crippen LogP contribution < -0.4 is 5.56 Å². The van der Waals surface area contributed by atoms with Crippen LogP contribution in [0.2, 0.25) is 0 Å². The van der Waals surface area contributed by atoms with E-state index in [0.717, 1.165) is 16.4 Å². The van der Waals surface area contributed by atoms with Gasteiger partial charge in [0.05, 0.1) is 11.8 Å². The van der Waals surface area contributed by atoms with E-state index in [4.69, 9.17) is 0 Å². The highest BCUT2D eigenvalue weighted by atomic mass is 16.1. The fraction of sp³-hybridized carbons (Fsp3) is 0.333. The molecule has 0 amide bonds. The lowest BCUT2D eigenvalue weighted by Gasteiger charge is -2.08. The largest absolute Gasteiger partial charge is 0.338 e. The van der Waals surface area contributed by atoms with E-state index in [9.17, 15) is 4.79 Å². The van der Waals surface area contributed by atoms with E-state index in [2.05, 4.69) is 18.8 Å². The van der Waals surface area contributed by atoms with Crippen LogP contribution in [0, 0.1) is 5.92 Å². The van der Waals surface area contributed by atoms with E-state index in [1.165, 1.54) is 0 Å². The van der Waals surface area contributed by atoms with Gasteiger partial charge in [0.15, 0.2) is 0 Å². The summed E-state index contributed by atoms with van der Waals surface area (Å²) in [5.41, 5.74) is 2.56. The van der Waals surface area contributed by atoms with Crippen molar-refractivity contribution >= 4 is 21.9 Å². The second-order valence-corrected chi connectivity index (χ2v) is 5.37. The average Bonchev–Trinajstić information content (AvgIpc) is 2.67. The first-order valence-corrected chi connectivity index (χ1v) is 6.52. The predicted octanol–water partition coefficient (Wildman–Crippen LogP) is 2.54. The molecule has 0 aliphatic rings. The predicted molar refractivity (Wildman–Crippen MR) is 77.3 cm³/mol. The maximum Gasteiger partial charge on any atom is 0.277 e.